The van der Waals surface area contributed by atoms with Crippen LogP contribution in [0, 0.1) is 5.41 Å². The van der Waals surface area contributed by atoms with Crippen molar-refractivity contribution in [1.29, 1.82) is 0 Å². The van der Waals surface area contributed by atoms with Crippen molar-refractivity contribution in [1.82, 2.24) is 0 Å². The molecule has 0 radical (unpaired) electrons. The van der Waals surface area contributed by atoms with Gasteiger partial charge in [-0.15, -0.1) is 0 Å². The van der Waals surface area contributed by atoms with Crippen molar-refractivity contribution in [3.63, 3.8) is 0 Å². The van der Waals surface area contributed by atoms with E-state index in [0.29, 0.717) is 6.42 Å². The Labute approximate surface area is 118 Å². The summed E-state index contributed by atoms with van der Waals surface area (Å²) in [5.41, 5.74) is 0.143. The molecule has 1 amide bonds. The molecule has 4 nitrogen and oxygen atoms in total. The first kappa shape index (κ1) is 12.4. The Morgan fingerprint density at radius 3 is 2.70 bits per heavy atom. The summed E-state index contributed by atoms with van der Waals surface area (Å²) >= 11 is 0. The first-order valence-electron chi connectivity index (χ1n) is 7.45. The second kappa shape index (κ2) is 4.06. The van der Waals surface area contributed by atoms with Crippen LogP contribution >= 0.6 is 0 Å². The van der Waals surface area contributed by atoms with E-state index in [-0.39, 0.29) is 12.1 Å². The Morgan fingerprint density at radius 1 is 1.15 bits per heavy atom. The van der Waals surface area contributed by atoms with Crippen LogP contribution in [0.15, 0.2) is 30.3 Å². The summed E-state index contributed by atoms with van der Waals surface area (Å²) in [6, 6.07) is 9.65. The molecule has 4 aliphatic rings. The summed E-state index contributed by atoms with van der Waals surface area (Å²) in [7, 11) is 0. The highest BCUT2D eigenvalue weighted by Crippen LogP contribution is 2.57. The lowest BCUT2D eigenvalue weighted by Gasteiger charge is -2.61. The predicted octanol–water partition coefficient (Wildman–Crippen LogP) is 2.42. The van der Waals surface area contributed by atoms with Gasteiger partial charge in [0.2, 0.25) is 5.91 Å². The summed E-state index contributed by atoms with van der Waals surface area (Å²) < 4.78 is 5.97. The van der Waals surface area contributed by atoms with Crippen molar-refractivity contribution in [3.05, 3.63) is 30.3 Å². The standard InChI is InChI=1S/C16H19NO3/c18-14-15-9-4-5-10-16(15,19)20-13(8-11-15)17(14)12-6-2-1-3-7-12/h1-3,6-7,13,19H,4-5,8-11H2. The lowest BCUT2D eigenvalue weighted by Crippen LogP contribution is -2.72. The average molecular weight is 273 g/mol. The van der Waals surface area contributed by atoms with Crippen LogP contribution in [0.5, 0.6) is 0 Å². The van der Waals surface area contributed by atoms with Gasteiger partial charge in [0.15, 0.2) is 5.79 Å². The Morgan fingerprint density at radius 2 is 1.90 bits per heavy atom. The summed E-state index contributed by atoms with van der Waals surface area (Å²) in [6.45, 7) is 0. The number of ether oxygens (including phenoxy) is 1. The highest BCUT2D eigenvalue weighted by atomic mass is 16.6. The van der Waals surface area contributed by atoms with E-state index in [1.54, 1.807) is 4.90 Å². The third kappa shape index (κ3) is 1.41. The fourth-order valence-corrected chi connectivity index (χ4v) is 4.17. The lowest BCUT2D eigenvalue weighted by atomic mass is 9.62. The molecule has 3 atom stereocenters. The quantitative estimate of drug-likeness (QED) is 0.855. The van der Waals surface area contributed by atoms with Crippen molar-refractivity contribution >= 4 is 11.6 Å². The monoisotopic (exact) mass is 273 g/mol. The molecule has 3 unspecified atom stereocenters. The Hall–Kier alpha value is -1.39. The van der Waals surface area contributed by atoms with E-state index >= 15 is 0 Å². The number of carbonyl (C=O) groups excluding carboxylic acids is 1. The van der Waals surface area contributed by atoms with Gasteiger partial charge >= 0.3 is 0 Å². The van der Waals surface area contributed by atoms with Crippen molar-refractivity contribution in [2.45, 2.75) is 50.5 Å². The molecule has 4 heteroatoms. The van der Waals surface area contributed by atoms with Gasteiger partial charge < -0.3 is 9.84 Å². The molecule has 1 spiro atoms. The second-order valence-electron chi connectivity index (χ2n) is 6.20. The van der Waals surface area contributed by atoms with Crippen LogP contribution in [0.3, 0.4) is 0 Å². The van der Waals surface area contributed by atoms with Gasteiger partial charge in [0.1, 0.15) is 11.6 Å². The Kier molecular flexibility index (Phi) is 2.51. The summed E-state index contributed by atoms with van der Waals surface area (Å²) in [6.07, 6.45) is 4.47. The van der Waals surface area contributed by atoms with Crippen LogP contribution in [0.1, 0.15) is 38.5 Å². The highest BCUT2D eigenvalue weighted by molar-refractivity contribution is 6.00. The molecule has 106 valence electrons. The van der Waals surface area contributed by atoms with Gasteiger partial charge in [0, 0.05) is 12.1 Å². The van der Waals surface area contributed by atoms with Crippen molar-refractivity contribution < 1.29 is 14.6 Å². The number of rotatable bonds is 1. The molecule has 2 bridgehead atoms. The zero-order valence-electron chi connectivity index (χ0n) is 11.4. The first-order chi connectivity index (χ1) is 9.66. The smallest absolute Gasteiger partial charge is 0.240 e. The topological polar surface area (TPSA) is 49.8 Å². The molecule has 3 saturated heterocycles. The minimum absolute atomic E-state index is 0.0494. The minimum atomic E-state index is -1.24. The largest absolute Gasteiger partial charge is 0.364 e. The summed E-state index contributed by atoms with van der Waals surface area (Å²) in [5.74, 6) is -1.19. The van der Waals surface area contributed by atoms with Crippen molar-refractivity contribution in [3.8, 4) is 0 Å². The van der Waals surface area contributed by atoms with Crippen LogP contribution in [0.2, 0.25) is 0 Å². The number of anilines is 1. The molecule has 1 aromatic rings. The molecule has 3 aliphatic heterocycles. The van der Waals surface area contributed by atoms with Crippen LogP contribution in [0.4, 0.5) is 5.69 Å². The molecule has 1 N–H and O–H groups in total. The van der Waals surface area contributed by atoms with E-state index in [4.69, 9.17) is 4.74 Å². The Balaban J connectivity index is 1.79. The highest BCUT2D eigenvalue weighted by Gasteiger charge is 2.67. The third-order valence-corrected chi connectivity index (χ3v) is 5.22. The SMILES string of the molecule is O=C1N(c2ccccc2)C2CCC13CCCCC3(O)O2. The molecule has 0 aromatic heterocycles. The van der Waals surface area contributed by atoms with Gasteiger partial charge in [-0.2, -0.15) is 0 Å². The van der Waals surface area contributed by atoms with Crippen LogP contribution < -0.4 is 4.90 Å². The fourth-order valence-electron chi connectivity index (χ4n) is 4.17. The average Bonchev–Trinajstić information content (AvgIpc) is 2.47. The maximum Gasteiger partial charge on any atom is 0.240 e. The fraction of sp³-hybridized carbons (Fsp3) is 0.562. The maximum absolute atomic E-state index is 13.0. The number of benzene rings is 1. The zero-order valence-corrected chi connectivity index (χ0v) is 11.4. The van der Waals surface area contributed by atoms with E-state index in [9.17, 15) is 9.90 Å². The number of carbonyl (C=O) groups is 1. The second-order valence-corrected chi connectivity index (χ2v) is 6.20. The van der Waals surface area contributed by atoms with Crippen molar-refractivity contribution in [2.24, 2.45) is 5.41 Å². The Bertz CT molecular complexity index is 542. The zero-order chi connectivity index (χ0) is 13.8. The summed E-state index contributed by atoms with van der Waals surface area (Å²) in [5, 5.41) is 10.8. The van der Waals surface area contributed by atoms with E-state index in [1.165, 1.54) is 0 Å². The van der Waals surface area contributed by atoms with Gasteiger partial charge in [-0.3, -0.25) is 9.69 Å². The number of piperidine rings is 1. The van der Waals surface area contributed by atoms with Gasteiger partial charge in [0.25, 0.3) is 0 Å². The van der Waals surface area contributed by atoms with E-state index < -0.39 is 11.2 Å². The normalized spacial score (nSPS) is 39.8. The molecule has 3 heterocycles. The maximum atomic E-state index is 13.0. The van der Waals surface area contributed by atoms with Crippen LogP contribution in [-0.2, 0) is 9.53 Å². The predicted molar refractivity (Wildman–Crippen MR) is 73.9 cm³/mol. The molecular weight excluding hydrogens is 254 g/mol. The number of hydrogen-bond acceptors (Lipinski definition) is 3. The molecule has 20 heavy (non-hydrogen) atoms. The minimum Gasteiger partial charge on any atom is -0.364 e. The van der Waals surface area contributed by atoms with Crippen molar-refractivity contribution in [2.75, 3.05) is 4.90 Å². The summed E-state index contributed by atoms with van der Waals surface area (Å²) in [4.78, 5) is 14.8. The van der Waals surface area contributed by atoms with E-state index in [1.807, 2.05) is 30.3 Å². The molecule has 5 rings (SSSR count). The number of aliphatic hydroxyl groups is 1. The lowest BCUT2D eigenvalue weighted by molar-refractivity contribution is -0.335. The van der Waals surface area contributed by atoms with Crippen LogP contribution in [0.25, 0.3) is 0 Å². The number of amides is 1. The number of nitrogens with zero attached hydrogens (tertiary/aromatic N) is 1. The molecule has 4 fully saturated rings. The van der Waals surface area contributed by atoms with Gasteiger partial charge in [0.05, 0.1) is 0 Å². The van der Waals surface area contributed by atoms with E-state index in [2.05, 4.69) is 0 Å². The van der Waals surface area contributed by atoms with Gasteiger partial charge in [-0.1, -0.05) is 24.6 Å². The molecule has 1 saturated carbocycles. The van der Waals surface area contributed by atoms with Gasteiger partial charge in [-0.25, -0.2) is 0 Å². The van der Waals surface area contributed by atoms with Gasteiger partial charge in [-0.05, 0) is 37.8 Å². The number of fused-ring (bicyclic) bond motifs is 2. The molecule has 1 aliphatic carbocycles. The van der Waals surface area contributed by atoms with E-state index in [0.717, 1.165) is 37.8 Å². The molecule has 1 aromatic carbocycles. The van der Waals surface area contributed by atoms with Crippen LogP contribution in [-0.4, -0.2) is 23.0 Å². The molecular formula is C16H19NO3. The number of hydrogen-bond donors (Lipinski definition) is 1. The first-order valence-corrected chi connectivity index (χ1v) is 7.45. The number of para-hydroxylation sites is 1. The third-order valence-electron chi connectivity index (χ3n) is 5.22.